The van der Waals surface area contributed by atoms with Crippen LogP contribution in [0.4, 0.5) is 0 Å². The molecule has 0 N–H and O–H groups in total. The number of amides is 2. The summed E-state index contributed by atoms with van der Waals surface area (Å²) in [6.07, 6.45) is 13.2. The number of carbonyl (C=O) groups excluding carboxylic acids is 2. The summed E-state index contributed by atoms with van der Waals surface area (Å²) in [6, 6.07) is 4.04. The van der Waals surface area contributed by atoms with E-state index < -0.39 is 0 Å². The van der Waals surface area contributed by atoms with Crippen molar-refractivity contribution in [3.8, 4) is 0 Å². The first-order valence-electron chi connectivity index (χ1n) is 10.6. The number of ether oxygens (including phenoxy) is 1. The molecule has 0 radical (unpaired) electrons. The minimum atomic E-state index is -0.292. The molecule has 1 atom stereocenters. The number of nitrogens with zero attached hydrogens (tertiary/aromatic N) is 5. The van der Waals surface area contributed by atoms with Crippen molar-refractivity contribution in [2.24, 2.45) is 0 Å². The summed E-state index contributed by atoms with van der Waals surface area (Å²) >= 11 is 0. The first-order valence-corrected chi connectivity index (χ1v) is 10.6. The van der Waals surface area contributed by atoms with Gasteiger partial charge >= 0.3 is 0 Å². The number of hydrogen-bond donors (Lipinski definition) is 0. The second-order valence-corrected chi connectivity index (χ2v) is 7.90. The molecule has 0 aromatic carbocycles. The highest BCUT2D eigenvalue weighted by Crippen LogP contribution is 2.25. The summed E-state index contributed by atoms with van der Waals surface area (Å²) in [5.41, 5.74) is 1.25. The van der Waals surface area contributed by atoms with Crippen LogP contribution < -0.4 is 0 Å². The van der Waals surface area contributed by atoms with Gasteiger partial charge in [-0.3, -0.25) is 19.6 Å². The third-order valence-electron chi connectivity index (χ3n) is 5.79. The fourth-order valence-electron chi connectivity index (χ4n) is 4.21. The fourth-order valence-corrected chi connectivity index (χ4v) is 4.21. The zero-order valence-electron chi connectivity index (χ0n) is 17.0. The lowest BCUT2D eigenvalue weighted by Gasteiger charge is -2.34. The molecule has 4 rings (SSSR count). The largest absolute Gasteiger partial charge is 0.370 e. The van der Waals surface area contributed by atoms with Crippen molar-refractivity contribution in [1.29, 1.82) is 0 Å². The van der Waals surface area contributed by atoms with Gasteiger partial charge in [-0.25, -0.2) is 4.98 Å². The van der Waals surface area contributed by atoms with Crippen molar-refractivity contribution in [1.82, 2.24) is 24.8 Å². The molecule has 2 aromatic heterocycles. The molecule has 2 aliphatic rings. The molecule has 0 bridgehead atoms. The van der Waals surface area contributed by atoms with Crippen molar-refractivity contribution in [2.45, 2.75) is 50.9 Å². The van der Waals surface area contributed by atoms with E-state index in [1.165, 1.54) is 25.0 Å². The van der Waals surface area contributed by atoms with Crippen LogP contribution in [-0.4, -0.2) is 68.3 Å². The maximum atomic E-state index is 13.1. The van der Waals surface area contributed by atoms with Gasteiger partial charge in [-0.2, -0.15) is 0 Å². The van der Waals surface area contributed by atoms with Gasteiger partial charge in [0.25, 0.3) is 5.91 Å². The molecule has 3 heterocycles. The minimum absolute atomic E-state index is 0.0193. The maximum Gasteiger partial charge on any atom is 0.274 e. The average molecular weight is 409 g/mol. The predicted molar refractivity (Wildman–Crippen MR) is 109 cm³/mol. The van der Waals surface area contributed by atoms with E-state index >= 15 is 0 Å². The molecule has 1 aliphatic heterocycles. The highest BCUT2D eigenvalue weighted by molar-refractivity contribution is 5.95. The summed E-state index contributed by atoms with van der Waals surface area (Å²) in [7, 11) is 0. The smallest absolute Gasteiger partial charge is 0.274 e. The van der Waals surface area contributed by atoms with E-state index in [1.807, 2.05) is 17.0 Å². The normalized spacial score (nSPS) is 20.8. The SMILES string of the molecule is O=C(c1cnccn1)N1CC(=O)N(C2CCCCC2)C[C@@H](OCc2ccncc2)C1. The summed E-state index contributed by atoms with van der Waals surface area (Å²) in [4.78, 5) is 41.7. The van der Waals surface area contributed by atoms with Crippen molar-refractivity contribution in [2.75, 3.05) is 19.6 Å². The van der Waals surface area contributed by atoms with Gasteiger partial charge in [0.15, 0.2) is 0 Å². The number of hydrogen-bond acceptors (Lipinski definition) is 6. The lowest BCUT2D eigenvalue weighted by Crippen LogP contribution is -2.46. The number of pyridine rings is 1. The van der Waals surface area contributed by atoms with E-state index in [0.29, 0.717) is 19.7 Å². The first-order chi connectivity index (χ1) is 14.7. The molecule has 2 aromatic rings. The molecule has 1 aliphatic carbocycles. The second kappa shape index (κ2) is 9.75. The third kappa shape index (κ3) is 4.99. The van der Waals surface area contributed by atoms with Gasteiger partial charge in [0.2, 0.25) is 5.91 Å². The summed E-state index contributed by atoms with van der Waals surface area (Å²) < 4.78 is 6.18. The molecule has 1 saturated carbocycles. The summed E-state index contributed by atoms with van der Waals surface area (Å²) in [5.74, 6) is -0.311. The van der Waals surface area contributed by atoms with Gasteiger partial charge in [0.1, 0.15) is 12.2 Å². The fraction of sp³-hybridized carbons (Fsp3) is 0.500. The lowest BCUT2D eigenvalue weighted by atomic mass is 9.94. The van der Waals surface area contributed by atoms with E-state index in [0.717, 1.165) is 31.2 Å². The molecule has 0 spiro atoms. The Morgan fingerprint density at radius 1 is 1.03 bits per heavy atom. The van der Waals surface area contributed by atoms with Gasteiger partial charge in [0, 0.05) is 43.9 Å². The highest BCUT2D eigenvalue weighted by Gasteiger charge is 2.35. The van der Waals surface area contributed by atoms with E-state index in [1.54, 1.807) is 17.3 Å². The topological polar surface area (TPSA) is 88.5 Å². The van der Waals surface area contributed by atoms with Crippen LogP contribution in [0.1, 0.15) is 48.2 Å². The van der Waals surface area contributed by atoms with Crippen LogP contribution >= 0.6 is 0 Å². The Morgan fingerprint density at radius 2 is 1.83 bits per heavy atom. The van der Waals surface area contributed by atoms with Gasteiger partial charge in [-0.15, -0.1) is 0 Å². The third-order valence-corrected chi connectivity index (χ3v) is 5.79. The van der Waals surface area contributed by atoms with Crippen LogP contribution in [0, 0.1) is 0 Å². The standard InChI is InChI=1S/C22H27N5O3/c28-21-15-26(22(29)20-12-24-10-11-25-20)13-19(30-16-17-6-8-23-9-7-17)14-27(21)18-4-2-1-3-5-18/h6-12,18-19H,1-5,13-16H2/t19-/m0/s1. The molecule has 30 heavy (non-hydrogen) atoms. The number of carbonyl (C=O) groups is 2. The van der Waals surface area contributed by atoms with Gasteiger partial charge in [-0.05, 0) is 30.5 Å². The zero-order chi connectivity index (χ0) is 20.8. The molecule has 2 fully saturated rings. The van der Waals surface area contributed by atoms with Crippen molar-refractivity contribution in [3.63, 3.8) is 0 Å². The molecular weight excluding hydrogens is 382 g/mol. The molecule has 1 saturated heterocycles. The van der Waals surface area contributed by atoms with E-state index in [2.05, 4.69) is 15.0 Å². The first kappa shape index (κ1) is 20.4. The molecule has 8 nitrogen and oxygen atoms in total. The number of aromatic nitrogens is 3. The summed E-state index contributed by atoms with van der Waals surface area (Å²) in [5, 5.41) is 0. The van der Waals surface area contributed by atoms with Crippen LogP contribution in [0.3, 0.4) is 0 Å². The highest BCUT2D eigenvalue weighted by atomic mass is 16.5. The Kier molecular flexibility index (Phi) is 6.63. The van der Waals surface area contributed by atoms with Crippen molar-refractivity contribution < 1.29 is 14.3 Å². The molecule has 158 valence electrons. The van der Waals surface area contributed by atoms with Crippen LogP contribution in [0.2, 0.25) is 0 Å². The van der Waals surface area contributed by atoms with E-state index in [-0.39, 0.29) is 36.2 Å². The van der Waals surface area contributed by atoms with Crippen LogP contribution in [0.5, 0.6) is 0 Å². The average Bonchev–Trinajstić information content (AvgIpc) is 2.98. The Hall–Kier alpha value is -2.87. The Bertz CT molecular complexity index is 842. The van der Waals surface area contributed by atoms with E-state index in [9.17, 15) is 9.59 Å². The molecule has 2 amide bonds. The Labute approximate surface area is 176 Å². The lowest BCUT2D eigenvalue weighted by molar-refractivity contribution is -0.134. The van der Waals surface area contributed by atoms with Crippen LogP contribution in [0.15, 0.2) is 43.1 Å². The second-order valence-electron chi connectivity index (χ2n) is 7.90. The van der Waals surface area contributed by atoms with E-state index in [4.69, 9.17) is 4.74 Å². The minimum Gasteiger partial charge on any atom is -0.370 e. The van der Waals surface area contributed by atoms with Crippen molar-refractivity contribution in [3.05, 3.63) is 54.4 Å². The molecule has 8 heteroatoms. The van der Waals surface area contributed by atoms with Crippen LogP contribution in [0.25, 0.3) is 0 Å². The maximum absolute atomic E-state index is 13.1. The Balaban J connectivity index is 1.52. The zero-order valence-corrected chi connectivity index (χ0v) is 17.0. The predicted octanol–water partition coefficient (Wildman–Crippen LogP) is 2.07. The molecular formula is C22H27N5O3. The monoisotopic (exact) mass is 409 g/mol. The van der Waals surface area contributed by atoms with Gasteiger partial charge in [0.05, 0.1) is 18.9 Å². The number of rotatable bonds is 5. The van der Waals surface area contributed by atoms with Crippen LogP contribution in [-0.2, 0) is 16.1 Å². The summed E-state index contributed by atoms with van der Waals surface area (Å²) in [6.45, 7) is 1.29. The van der Waals surface area contributed by atoms with Gasteiger partial charge in [-0.1, -0.05) is 19.3 Å². The van der Waals surface area contributed by atoms with Crippen molar-refractivity contribution >= 4 is 11.8 Å². The van der Waals surface area contributed by atoms with Gasteiger partial charge < -0.3 is 14.5 Å². The quantitative estimate of drug-likeness (QED) is 0.751. The molecule has 0 unspecified atom stereocenters. The Morgan fingerprint density at radius 3 is 2.57 bits per heavy atom.